The average Bonchev–Trinajstić information content (AvgIpc) is 2.37. The first-order valence-electron chi connectivity index (χ1n) is 5.89. The Balaban J connectivity index is 2.62. The minimum atomic E-state index is -0.150. The molecule has 1 rings (SSSR count). The van der Waals surface area contributed by atoms with E-state index < -0.39 is 0 Å². The van der Waals surface area contributed by atoms with E-state index in [4.69, 9.17) is 10.5 Å². The van der Waals surface area contributed by atoms with Crippen molar-refractivity contribution in [2.24, 2.45) is 0 Å². The third-order valence-electron chi connectivity index (χ3n) is 2.28. The molecule has 0 saturated heterocycles. The van der Waals surface area contributed by atoms with Gasteiger partial charge in [-0.05, 0) is 32.0 Å². The summed E-state index contributed by atoms with van der Waals surface area (Å²) in [5.41, 5.74) is 6.79. The van der Waals surface area contributed by atoms with Crippen molar-refractivity contribution in [3.8, 4) is 17.6 Å². The molecule has 0 aliphatic rings. The van der Waals surface area contributed by atoms with Gasteiger partial charge >= 0.3 is 0 Å². The summed E-state index contributed by atoms with van der Waals surface area (Å²) >= 11 is 0. The van der Waals surface area contributed by atoms with Crippen molar-refractivity contribution in [1.82, 2.24) is 5.32 Å². The predicted molar refractivity (Wildman–Crippen MR) is 72.4 cm³/mol. The topological polar surface area (TPSA) is 64.3 Å². The molecule has 0 heterocycles. The molecule has 0 aromatic heterocycles. The Hall–Kier alpha value is -2.15. The number of carbonyl (C=O) groups is 1. The highest BCUT2D eigenvalue weighted by Crippen LogP contribution is 2.22. The molecule has 4 nitrogen and oxygen atoms in total. The molecule has 0 aliphatic carbocycles. The summed E-state index contributed by atoms with van der Waals surface area (Å²) in [6.45, 7) is 4.74. The summed E-state index contributed by atoms with van der Waals surface area (Å²) in [7, 11) is 0. The lowest BCUT2D eigenvalue weighted by molar-refractivity contribution is 0.0954. The molecular weight excluding hydrogens is 228 g/mol. The summed E-state index contributed by atoms with van der Waals surface area (Å²) < 4.78 is 5.31. The maximum absolute atomic E-state index is 11.8. The third-order valence-corrected chi connectivity index (χ3v) is 2.28. The minimum Gasteiger partial charge on any atom is -0.492 e. The van der Waals surface area contributed by atoms with E-state index in [1.807, 2.05) is 6.92 Å². The Bertz CT molecular complexity index is 472. The van der Waals surface area contributed by atoms with Crippen LogP contribution in [-0.2, 0) is 0 Å². The number of ether oxygens (including phenoxy) is 1. The zero-order valence-corrected chi connectivity index (χ0v) is 10.7. The van der Waals surface area contributed by atoms with Gasteiger partial charge in [-0.1, -0.05) is 0 Å². The Kier molecular flexibility index (Phi) is 5.59. The van der Waals surface area contributed by atoms with Gasteiger partial charge in [-0.2, -0.15) is 0 Å². The monoisotopic (exact) mass is 246 g/mol. The first-order chi connectivity index (χ1) is 8.69. The summed E-state index contributed by atoms with van der Waals surface area (Å²) in [4.78, 5) is 11.8. The Morgan fingerprint density at radius 2 is 2.28 bits per heavy atom. The lowest BCUT2D eigenvalue weighted by Crippen LogP contribution is -2.24. The number of nitrogens with two attached hydrogens (primary N) is 1. The Morgan fingerprint density at radius 1 is 1.50 bits per heavy atom. The van der Waals surface area contributed by atoms with Gasteiger partial charge in [-0.25, -0.2) is 0 Å². The van der Waals surface area contributed by atoms with E-state index in [0.717, 1.165) is 0 Å². The van der Waals surface area contributed by atoms with Crippen molar-refractivity contribution in [2.75, 3.05) is 18.9 Å². The quantitative estimate of drug-likeness (QED) is 0.473. The van der Waals surface area contributed by atoms with Crippen molar-refractivity contribution < 1.29 is 9.53 Å². The number of hydrogen-bond acceptors (Lipinski definition) is 3. The average molecular weight is 246 g/mol. The molecule has 0 saturated carbocycles. The zero-order valence-electron chi connectivity index (χ0n) is 10.7. The fourth-order valence-corrected chi connectivity index (χ4v) is 1.44. The van der Waals surface area contributed by atoms with Gasteiger partial charge in [0.2, 0.25) is 0 Å². The van der Waals surface area contributed by atoms with E-state index >= 15 is 0 Å². The van der Waals surface area contributed by atoms with Crippen LogP contribution in [0.2, 0.25) is 0 Å². The van der Waals surface area contributed by atoms with E-state index in [0.29, 0.717) is 36.6 Å². The van der Waals surface area contributed by atoms with Gasteiger partial charge in [0, 0.05) is 18.5 Å². The van der Waals surface area contributed by atoms with Crippen LogP contribution in [0.3, 0.4) is 0 Å². The molecule has 3 N–H and O–H groups in total. The number of anilines is 1. The van der Waals surface area contributed by atoms with Crippen LogP contribution in [-0.4, -0.2) is 19.1 Å². The number of hydrogen-bond donors (Lipinski definition) is 2. The van der Waals surface area contributed by atoms with Crippen molar-refractivity contribution in [1.29, 1.82) is 0 Å². The molecule has 1 aromatic rings. The van der Waals surface area contributed by atoms with Crippen LogP contribution in [0.5, 0.6) is 5.75 Å². The highest BCUT2D eigenvalue weighted by molar-refractivity contribution is 5.95. The normalized spacial score (nSPS) is 9.22. The number of nitrogen functional groups attached to an aromatic ring is 1. The van der Waals surface area contributed by atoms with E-state index in [1.54, 1.807) is 25.1 Å². The highest BCUT2D eigenvalue weighted by atomic mass is 16.5. The van der Waals surface area contributed by atoms with Gasteiger partial charge in [0.1, 0.15) is 5.75 Å². The molecule has 0 spiro atoms. The standard InChI is InChI=1S/C14H18N2O2/c1-3-5-6-9-16-14(17)11-7-8-13(18-4-2)12(15)10-11/h7-8,10H,4,6,9,15H2,1-2H3,(H,16,17). The minimum absolute atomic E-state index is 0.150. The third kappa shape index (κ3) is 4.02. The van der Waals surface area contributed by atoms with Crippen LogP contribution in [0.4, 0.5) is 5.69 Å². The molecule has 1 aromatic carbocycles. The molecule has 0 atom stereocenters. The molecule has 1 amide bonds. The van der Waals surface area contributed by atoms with Gasteiger partial charge in [0.15, 0.2) is 0 Å². The summed E-state index contributed by atoms with van der Waals surface area (Å²) in [6, 6.07) is 5.02. The molecule has 0 aliphatic heterocycles. The van der Waals surface area contributed by atoms with Crippen LogP contribution in [0.25, 0.3) is 0 Å². The van der Waals surface area contributed by atoms with E-state index in [1.165, 1.54) is 0 Å². The molecule has 0 fully saturated rings. The SMILES string of the molecule is CC#CCCNC(=O)c1ccc(OCC)c(N)c1. The zero-order chi connectivity index (χ0) is 13.4. The Labute approximate surface area is 108 Å². The molecule has 0 unspecified atom stereocenters. The second-order valence-electron chi connectivity index (χ2n) is 3.62. The van der Waals surface area contributed by atoms with Crippen LogP contribution in [0.15, 0.2) is 18.2 Å². The number of benzene rings is 1. The Morgan fingerprint density at radius 3 is 2.89 bits per heavy atom. The van der Waals surface area contributed by atoms with E-state index in [9.17, 15) is 4.79 Å². The lowest BCUT2D eigenvalue weighted by Gasteiger charge is -2.08. The van der Waals surface area contributed by atoms with Crippen molar-refractivity contribution in [2.45, 2.75) is 20.3 Å². The molecule has 4 heteroatoms. The van der Waals surface area contributed by atoms with Crippen molar-refractivity contribution >= 4 is 11.6 Å². The van der Waals surface area contributed by atoms with Crippen LogP contribution in [0, 0.1) is 11.8 Å². The molecule has 18 heavy (non-hydrogen) atoms. The number of amides is 1. The van der Waals surface area contributed by atoms with Crippen LogP contribution in [0.1, 0.15) is 30.6 Å². The van der Waals surface area contributed by atoms with E-state index in [2.05, 4.69) is 17.2 Å². The maximum atomic E-state index is 11.8. The summed E-state index contributed by atoms with van der Waals surface area (Å²) in [5, 5.41) is 2.77. The van der Waals surface area contributed by atoms with Crippen molar-refractivity contribution in [3.05, 3.63) is 23.8 Å². The van der Waals surface area contributed by atoms with Gasteiger partial charge in [-0.15, -0.1) is 11.8 Å². The largest absolute Gasteiger partial charge is 0.492 e. The van der Waals surface area contributed by atoms with Crippen LogP contribution >= 0.6 is 0 Å². The number of carbonyl (C=O) groups excluding carboxylic acids is 1. The molecule has 0 radical (unpaired) electrons. The molecule has 96 valence electrons. The molecular formula is C14H18N2O2. The predicted octanol–water partition coefficient (Wildman–Crippen LogP) is 1.81. The summed E-state index contributed by atoms with van der Waals surface area (Å²) in [5.74, 6) is 6.11. The lowest BCUT2D eigenvalue weighted by atomic mass is 10.1. The maximum Gasteiger partial charge on any atom is 0.251 e. The van der Waals surface area contributed by atoms with Crippen molar-refractivity contribution in [3.63, 3.8) is 0 Å². The number of nitrogens with one attached hydrogen (secondary N) is 1. The first-order valence-corrected chi connectivity index (χ1v) is 5.89. The van der Waals surface area contributed by atoms with Gasteiger partial charge in [0.05, 0.1) is 12.3 Å². The first kappa shape index (κ1) is 13.9. The van der Waals surface area contributed by atoms with Gasteiger partial charge in [0.25, 0.3) is 5.91 Å². The fraction of sp³-hybridized carbons (Fsp3) is 0.357. The van der Waals surface area contributed by atoms with Gasteiger partial charge < -0.3 is 15.8 Å². The molecule has 0 bridgehead atoms. The highest BCUT2D eigenvalue weighted by Gasteiger charge is 2.07. The van der Waals surface area contributed by atoms with Crippen LogP contribution < -0.4 is 15.8 Å². The van der Waals surface area contributed by atoms with Gasteiger partial charge in [-0.3, -0.25) is 4.79 Å². The summed E-state index contributed by atoms with van der Waals surface area (Å²) in [6.07, 6.45) is 0.648. The fourth-order valence-electron chi connectivity index (χ4n) is 1.44. The number of rotatable bonds is 5. The smallest absolute Gasteiger partial charge is 0.251 e. The second kappa shape index (κ2) is 7.23. The second-order valence-corrected chi connectivity index (χ2v) is 3.62. The van der Waals surface area contributed by atoms with E-state index in [-0.39, 0.29) is 5.91 Å².